The van der Waals surface area contributed by atoms with E-state index in [0.717, 1.165) is 12.8 Å². The summed E-state index contributed by atoms with van der Waals surface area (Å²) < 4.78 is 5.06. The molecule has 0 spiro atoms. The molecule has 1 aliphatic carbocycles. The number of aryl methyl sites for hydroxylation is 2. The zero-order chi connectivity index (χ0) is 17.1. The van der Waals surface area contributed by atoms with E-state index in [9.17, 15) is 14.7 Å². The summed E-state index contributed by atoms with van der Waals surface area (Å²) in [6.07, 6.45) is 4.42. The average molecular weight is 345 g/mol. The third-order valence-corrected chi connectivity index (χ3v) is 5.26. The number of carboxylic acid groups (broad SMARTS) is 1. The van der Waals surface area contributed by atoms with Crippen LogP contribution in [0, 0.1) is 0 Å². The lowest BCUT2D eigenvalue weighted by Crippen LogP contribution is -2.11. The predicted octanol–water partition coefficient (Wildman–Crippen LogP) is 3.72. The molecule has 24 heavy (non-hydrogen) atoms. The maximum atomic E-state index is 12.5. The summed E-state index contributed by atoms with van der Waals surface area (Å²) in [6.45, 7) is 0.289. The summed E-state index contributed by atoms with van der Waals surface area (Å²) in [5, 5.41) is 12.0. The van der Waals surface area contributed by atoms with Gasteiger partial charge in [-0.25, -0.2) is 4.79 Å². The third-order valence-electron chi connectivity index (χ3n) is 4.03. The molecule has 0 atom stereocenters. The van der Waals surface area contributed by atoms with Gasteiger partial charge in [-0.3, -0.25) is 4.79 Å². The van der Waals surface area contributed by atoms with Crippen molar-refractivity contribution in [1.82, 2.24) is 0 Å². The molecule has 126 valence electrons. The van der Waals surface area contributed by atoms with Crippen molar-refractivity contribution in [1.29, 1.82) is 0 Å². The summed E-state index contributed by atoms with van der Waals surface area (Å²) >= 11 is 1.53. The van der Waals surface area contributed by atoms with Crippen LogP contribution in [0.15, 0.2) is 24.3 Å². The van der Waals surface area contributed by atoms with Gasteiger partial charge in [0.25, 0.3) is 5.91 Å². The number of hydrogen-bond donors (Lipinski definition) is 2. The number of thiophene rings is 1. The molecule has 1 aromatic carbocycles. The molecular formula is C18H19NO4S. The Morgan fingerprint density at radius 1 is 1.21 bits per heavy atom. The van der Waals surface area contributed by atoms with Crippen LogP contribution in [0.5, 0.6) is 0 Å². The van der Waals surface area contributed by atoms with Gasteiger partial charge < -0.3 is 15.2 Å². The number of hydrogen-bond acceptors (Lipinski definition) is 4. The number of ether oxygens (including phenoxy) is 1. The fraction of sp³-hybridized carbons (Fsp3) is 0.333. The number of amides is 1. The number of aromatic carboxylic acids is 1. The van der Waals surface area contributed by atoms with E-state index < -0.39 is 5.97 Å². The molecule has 5 nitrogen and oxygen atoms in total. The molecule has 1 heterocycles. The fourth-order valence-electron chi connectivity index (χ4n) is 2.93. The number of methoxy groups -OCH3 is 1. The third kappa shape index (κ3) is 3.66. The predicted molar refractivity (Wildman–Crippen MR) is 93.0 cm³/mol. The zero-order valence-corrected chi connectivity index (χ0v) is 14.2. The molecule has 0 saturated carbocycles. The lowest BCUT2D eigenvalue weighted by molar-refractivity contribution is 0.0696. The van der Waals surface area contributed by atoms with Gasteiger partial charge in [-0.05, 0) is 61.1 Å². The lowest BCUT2D eigenvalue weighted by atomic mass is 9.99. The van der Waals surface area contributed by atoms with Gasteiger partial charge in [0.15, 0.2) is 0 Å². The first kappa shape index (κ1) is 16.7. The number of anilines is 1. The van der Waals surface area contributed by atoms with Crippen LogP contribution in [0.3, 0.4) is 0 Å². The van der Waals surface area contributed by atoms with Gasteiger partial charge in [-0.15, -0.1) is 11.3 Å². The molecule has 3 rings (SSSR count). The molecule has 1 aromatic heterocycles. The summed E-state index contributed by atoms with van der Waals surface area (Å²) in [6, 6.07) is 6.71. The molecule has 0 unspecified atom stereocenters. The highest BCUT2D eigenvalue weighted by atomic mass is 32.1. The molecule has 2 aromatic rings. The van der Waals surface area contributed by atoms with E-state index in [1.54, 1.807) is 19.2 Å². The Balaban J connectivity index is 1.82. The van der Waals surface area contributed by atoms with Gasteiger partial charge in [-0.2, -0.15) is 0 Å². The Bertz CT molecular complexity index is 758. The summed E-state index contributed by atoms with van der Waals surface area (Å²) in [4.78, 5) is 25.7. The molecule has 0 fully saturated rings. The van der Waals surface area contributed by atoms with Crippen LogP contribution >= 0.6 is 11.3 Å². The molecular weight excluding hydrogens is 326 g/mol. The number of carboxylic acids is 1. The SMILES string of the molecule is COCc1cc(NC(=O)c2cc3c(s2)CCCC3)cc(C(=O)O)c1. The molecule has 0 radical (unpaired) electrons. The summed E-state index contributed by atoms with van der Waals surface area (Å²) in [7, 11) is 1.54. The minimum atomic E-state index is -1.03. The first-order valence-corrected chi connectivity index (χ1v) is 8.67. The minimum absolute atomic E-state index is 0.130. The zero-order valence-electron chi connectivity index (χ0n) is 13.4. The van der Waals surface area contributed by atoms with Crippen molar-refractivity contribution in [2.24, 2.45) is 0 Å². The van der Waals surface area contributed by atoms with Gasteiger partial charge in [0, 0.05) is 17.7 Å². The Labute approximate surface area is 144 Å². The first-order chi connectivity index (χ1) is 11.6. The van der Waals surface area contributed by atoms with Gasteiger partial charge in [0.05, 0.1) is 17.0 Å². The number of nitrogens with one attached hydrogen (secondary N) is 1. The highest BCUT2D eigenvalue weighted by Crippen LogP contribution is 2.30. The van der Waals surface area contributed by atoms with Crippen molar-refractivity contribution in [2.75, 3.05) is 12.4 Å². The van der Waals surface area contributed by atoms with E-state index >= 15 is 0 Å². The number of fused-ring (bicyclic) bond motifs is 1. The van der Waals surface area contributed by atoms with E-state index in [1.165, 1.54) is 40.7 Å². The van der Waals surface area contributed by atoms with Crippen LogP contribution in [-0.4, -0.2) is 24.1 Å². The lowest BCUT2D eigenvalue weighted by Gasteiger charge is -2.08. The maximum Gasteiger partial charge on any atom is 0.335 e. The molecule has 1 aliphatic rings. The Hall–Kier alpha value is -2.18. The van der Waals surface area contributed by atoms with Crippen molar-refractivity contribution < 1.29 is 19.4 Å². The second-order valence-electron chi connectivity index (χ2n) is 5.88. The number of carbonyl (C=O) groups excluding carboxylic acids is 1. The largest absolute Gasteiger partial charge is 0.478 e. The topological polar surface area (TPSA) is 75.6 Å². The second kappa shape index (κ2) is 7.15. The normalized spacial score (nSPS) is 13.4. The van der Waals surface area contributed by atoms with Crippen LogP contribution in [0.2, 0.25) is 0 Å². The van der Waals surface area contributed by atoms with Crippen LogP contribution in [0.4, 0.5) is 5.69 Å². The molecule has 0 bridgehead atoms. The number of benzene rings is 1. The fourth-order valence-corrected chi connectivity index (χ4v) is 4.08. The second-order valence-corrected chi connectivity index (χ2v) is 7.01. The van der Waals surface area contributed by atoms with Crippen molar-refractivity contribution in [3.05, 3.63) is 50.7 Å². The summed E-state index contributed by atoms with van der Waals surface area (Å²) in [5.41, 5.74) is 2.58. The Kier molecular flexibility index (Phi) is 4.97. The van der Waals surface area contributed by atoms with Crippen molar-refractivity contribution in [3.8, 4) is 0 Å². The Morgan fingerprint density at radius 3 is 2.71 bits per heavy atom. The maximum absolute atomic E-state index is 12.5. The van der Waals surface area contributed by atoms with Crippen molar-refractivity contribution in [2.45, 2.75) is 32.3 Å². The quantitative estimate of drug-likeness (QED) is 0.866. The molecule has 0 aliphatic heterocycles. The van der Waals surface area contributed by atoms with Crippen LogP contribution in [0.1, 0.15) is 48.9 Å². The molecule has 0 saturated heterocycles. The van der Waals surface area contributed by atoms with Crippen LogP contribution < -0.4 is 5.32 Å². The minimum Gasteiger partial charge on any atom is -0.478 e. The van der Waals surface area contributed by atoms with E-state index in [4.69, 9.17) is 4.74 Å². The molecule has 6 heteroatoms. The van der Waals surface area contributed by atoms with E-state index in [1.807, 2.05) is 6.07 Å². The Morgan fingerprint density at radius 2 is 2.00 bits per heavy atom. The van der Waals surface area contributed by atoms with Gasteiger partial charge in [0.1, 0.15) is 0 Å². The van der Waals surface area contributed by atoms with Crippen molar-refractivity contribution in [3.63, 3.8) is 0 Å². The van der Waals surface area contributed by atoms with Crippen LogP contribution in [0.25, 0.3) is 0 Å². The monoisotopic (exact) mass is 345 g/mol. The summed E-state index contributed by atoms with van der Waals surface area (Å²) in [5.74, 6) is -1.23. The van der Waals surface area contributed by atoms with E-state index in [0.29, 0.717) is 16.1 Å². The van der Waals surface area contributed by atoms with Gasteiger partial charge >= 0.3 is 5.97 Å². The average Bonchev–Trinajstić information content (AvgIpc) is 2.99. The van der Waals surface area contributed by atoms with Gasteiger partial charge in [0.2, 0.25) is 0 Å². The molecule has 2 N–H and O–H groups in total. The standard InChI is InChI=1S/C18H19NO4S/c1-23-10-11-6-13(18(21)22)8-14(7-11)19-17(20)16-9-12-4-2-3-5-15(12)24-16/h6-9H,2-5,10H2,1H3,(H,19,20)(H,21,22). The number of carbonyl (C=O) groups is 2. The first-order valence-electron chi connectivity index (χ1n) is 7.86. The van der Waals surface area contributed by atoms with E-state index in [-0.39, 0.29) is 18.1 Å². The van der Waals surface area contributed by atoms with Crippen LogP contribution in [-0.2, 0) is 24.2 Å². The highest BCUT2D eigenvalue weighted by Gasteiger charge is 2.18. The van der Waals surface area contributed by atoms with Crippen molar-refractivity contribution >= 4 is 28.9 Å². The number of rotatable bonds is 5. The van der Waals surface area contributed by atoms with E-state index in [2.05, 4.69) is 5.32 Å². The highest BCUT2D eigenvalue weighted by molar-refractivity contribution is 7.14. The molecule has 1 amide bonds. The van der Waals surface area contributed by atoms with Gasteiger partial charge in [-0.1, -0.05) is 0 Å². The smallest absolute Gasteiger partial charge is 0.335 e.